The summed E-state index contributed by atoms with van der Waals surface area (Å²) >= 11 is 1.90. The molecule has 0 aromatic heterocycles. The first kappa shape index (κ1) is 26.6. The van der Waals surface area contributed by atoms with Crippen molar-refractivity contribution in [3.05, 3.63) is 186 Å². The number of nitrogen functional groups attached to an aromatic ring is 1. The second-order valence-electron chi connectivity index (χ2n) is 12.6. The van der Waals surface area contributed by atoms with Gasteiger partial charge in [-0.25, -0.2) is 0 Å². The summed E-state index contributed by atoms with van der Waals surface area (Å²) in [5.41, 5.74) is 19.8. The fourth-order valence-electron chi connectivity index (χ4n) is 8.53. The first-order valence-corrected chi connectivity index (χ1v) is 17.0. The largest absolute Gasteiger partial charge is 0.398 e. The van der Waals surface area contributed by atoms with E-state index in [1.54, 1.807) is 0 Å². The summed E-state index contributed by atoms with van der Waals surface area (Å²) in [6.07, 6.45) is 0. The quantitative estimate of drug-likeness (QED) is 0.155. The van der Waals surface area contributed by atoms with Crippen LogP contribution in [0.15, 0.2) is 174 Å². The van der Waals surface area contributed by atoms with Gasteiger partial charge in [0.15, 0.2) is 0 Å². The second kappa shape index (κ2) is 9.96. The zero-order chi connectivity index (χ0) is 31.1. The third kappa shape index (κ3) is 3.51. The molecule has 0 fully saturated rings. The molecule has 1 spiro atoms. The predicted octanol–water partition coefficient (Wildman–Crippen LogP) is 11.7. The van der Waals surface area contributed by atoms with Gasteiger partial charge in [0.25, 0.3) is 0 Å². The Bertz CT molecular complexity index is 2510. The van der Waals surface area contributed by atoms with E-state index >= 15 is 0 Å². The summed E-state index contributed by atoms with van der Waals surface area (Å²) in [6.45, 7) is 0. The van der Waals surface area contributed by atoms with Gasteiger partial charge in [0.1, 0.15) is 0 Å². The summed E-state index contributed by atoms with van der Waals surface area (Å²) in [5.74, 6) is 0. The van der Waals surface area contributed by atoms with Crippen LogP contribution >= 0.6 is 11.8 Å². The Balaban J connectivity index is 1.36. The van der Waals surface area contributed by atoms with E-state index in [2.05, 4.69) is 158 Å². The summed E-state index contributed by atoms with van der Waals surface area (Å²) in [4.78, 5) is 2.59. The molecule has 2 aliphatic rings. The maximum Gasteiger partial charge on any atom is 0.0736 e. The molecule has 8 aromatic rings. The average molecular weight is 616 g/mol. The number of benzene rings is 8. The lowest BCUT2D eigenvalue weighted by Crippen LogP contribution is -2.32. The molecule has 0 radical (unpaired) electrons. The van der Waals surface area contributed by atoms with E-state index in [-0.39, 0.29) is 0 Å². The van der Waals surface area contributed by atoms with Crippen LogP contribution in [0.5, 0.6) is 0 Å². The number of fused-ring (bicyclic) bond motifs is 11. The normalized spacial score (nSPS) is 15.7. The first-order valence-electron chi connectivity index (χ1n) is 16.2. The van der Waals surface area contributed by atoms with Crippen molar-refractivity contribution in [3.8, 4) is 33.4 Å². The summed E-state index contributed by atoms with van der Waals surface area (Å²) in [6, 6.07) is 60.0. The van der Waals surface area contributed by atoms with Gasteiger partial charge in [0.05, 0.1) is 5.41 Å². The van der Waals surface area contributed by atoms with Crippen molar-refractivity contribution in [2.75, 3.05) is 5.73 Å². The van der Waals surface area contributed by atoms with E-state index in [0.717, 1.165) is 11.3 Å². The smallest absolute Gasteiger partial charge is 0.0736 e. The molecule has 47 heavy (non-hydrogen) atoms. The van der Waals surface area contributed by atoms with Crippen LogP contribution in [0, 0.1) is 0 Å². The monoisotopic (exact) mass is 615 g/mol. The van der Waals surface area contributed by atoms with Crippen molar-refractivity contribution in [1.82, 2.24) is 0 Å². The highest BCUT2D eigenvalue weighted by Crippen LogP contribution is 2.64. The number of nitrogens with two attached hydrogens (primary N) is 1. The zero-order valence-corrected chi connectivity index (χ0v) is 26.4. The van der Waals surface area contributed by atoms with E-state index < -0.39 is 5.41 Å². The zero-order valence-electron chi connectivity index (χ0n) is 25.6. The first-order chi connectivity index (χ1) is 23.3. The summed E-state index contributed by atoms with van der Waals surface area (Å²) < 4.78 is 0. The van der Waals surface area contributed by atoms with Crippen molar-refractivity contribution in [3.63, 3.8) is 0 Å². The van der Waals surface area contributed by atoms with Crippen molar-refractivity contribution in [2.45, 2.75) is 15.2 Å². The van der Waals surface area contributed by atoms with Gasteiger partial charge in [-0.15, -0.1) is 0 Å². The van der Waals surface area contributed by atoms with Crippen molar-refractivity contribution in [1.29, 1.82) is 0 Å². The highest BCUT2D eigenvalue weighted by Gasteiger charge is 2.51. The molecule has 8 aromatic carbocycles. The Morgan fingerprint density at radius 1 is 0.383 bits per heavy atom. The minimum atomic E-state index is -0.482. The lowest BCUT2D eigenvalue weighted by atomic mass is 9.67. The Hall–Kier alpha value is -5.57. The predicted molar refractivity (Wildman–Crippen MR) is 198 cm³/mol. The van der Waals surface area contributed by atoms with Gasteiger partial charge in [-0.3, -0.25) is 0 Å². The van der Waals surface area contributed by atoms with Crippen molar-refractivity contribution >= 4 is 39.0 Å². The Labute approximate surface area is 278 Å². The highest BCUT2D eigenvalue weighted by molar-refractivity contribution is 7.99. The Morgan fingerprint density at radius 2 is 0.915 bits per heavy atom. The SMILES string of the molecule is Nc1cccc2c1-c1ccccc1C21c2ccccc2Sc2c(-c3c4ccccc4c(-c4ccccc4)c4ccccc34)cccc21. The molecule has 1 heterocycles. The molecule has 1 nitrogen and oxygen atoms in total. The van der Waals surface area contributed by atoms with E-state index in [1.165, 1.54) is 81.4 Å². The van der Waals surface area contributed by atoms with E-state index in [1.807, 2.05) is 17.8 Å². The number of hydrogen-bond donors (Lipinski definition) is 1. The summed E-state index contributed by atoms with van der Waals surface area (Å²) in [7, 11) is 0. The molecule has 0 saturated heterocycles. The van der Waals surface area contributed by atoms with Gasteiger partial charge in [-0.05, 0) is 83.7 Å². The van der Waals surface area contributed by atoms with Crippen LogP contribution in [0.1, 0.15) is 22.3 Å². The molecule has 1 aliphatic carbocycles. The summed E-state index contributed by atoms with van der Waals surface area (Å²) in [5, 5.41) is 5.07. The second-order valence-corrected chi connectivity index (χ2v) is 13.6. The van der Waals surface area contributed by atoms with Crippen LogP contribution in [-0.2, 0) is 5.41 Å². The molecule has 2 N–H and O–H groups in total. The van der Waals surface area contributed by atoms with Crippen LogP contribution in [0.2, 0.25) is 0 Å². The molecule has 0 bridgehead atoms. The van der Waals surface area contributed by atoms with Crippen LogP contribution < -0.4 is 5.73 Å². The third-order valence-corrected chi connectivity index (χ3v) is 11.5. The Morgan fingerprint density at radius 3 is 1.66 bits per heavy atom. The van der Waals surface area contributed by atoms with Crippen LogP contribution in [0.3, 0.4) is 0 Å². The molecule has 1 atom stereocenters. The topological polar surface area (TPSA) is 26.0 Å². The number of rotatable bonds is 2. The van der Waals surface area contributed by atoms with Crippen LogP contribution in [0.4, 0.5) is 5.69 Å². The van der Waals surface area contributed by atoms with E-state index in [4.69, 9.17) is 5.73 Å². The van der Waals surface area contributed by atoms with Gasteiger partial charge >= 0.3 is 0 Å². The van der Waals surface area contributed by atoms with Gasteiger partial charge in [-0.1, -0.05) is 163 Å². The highest BCUT2D eigenvalue weighted by atomic mass is 32.2. The molecule has 10 rings (SSSR count). The van der Waals surface area contributed by atoms with Gasteiger partial charge in [0.2, 0.25) is 0 Å². The lowest BCUT2D eigenvalue weighted by molar-refractivity contribution is 0.723. The van der Waals surface area contributed by atoms with Gasteiger partial charge < -0.3 is 5.73 Å². The standard InChI is InChI=1S/C45H29NS/c46-39-26-13-24-37-43(39)33-20-8-9-22-35(33)45(37)36-23-10-11-27-40(36)47-44-34(21-12-25-38(44)45)42-31-18-6-4-16-29(31)41(28-14-2-1-3-15-28)30-17-5-7-19-32(30)42/h1-27H,46H2. The van der Waals surface area contributed by atoms with Crippen molar-refractivity contribution < 1.29 is 0 Å². The van der Waals surface area contributed by atoms with Gasteiger partial charge in [-0.2, -0.15) is 0 Å². The fourth-order valence-corrected chi connectivity index (χ4v) is 9.84. The van der Waals surface area contributed by atoms with Crippen LogP contribution in [-0.4, -0.2) is 0 Å². The molecule has 1 aliphatic heterocycles. The number of hydrogen-bond acceptors (Lipinski definition) is 2. The third-order valence-electron chi connectivity index (χ3n) is 10.3. The fraction of sp³-hybridized carbons (Fsp3) is 0.0222. The minimum Gasteiger partial charge on any atom is -0.398 e. The molecule has 220 valence electrons. The lowest BCUT2D eigenvalue weighted by Gasteiger charge is -2.40. The molecule has 0 amide bonds. The maximum absolute atomic E-state index is 6.82. The van der Waals surface area contributed by atoms with Crippen LogP contribution in [0.25, 0.3) is 54.9 Å². The molecule has 0 saturated carbocycles. The molecular formula is C45H29NS. The molecule has 1 unspecified atom stereocenters. The molecular weight excluding hydrogens is 587 g/mol. The maximum atomic E-state index is 6.82. The van der Waals surface area contributed by atoms with E-state index in [0.29, 0.717) is 0 Å². The Kier molecular flexibility index (Phi) is 5.64. The van der Waals surface area contributed by atoms with Crippen molar-refractivity contribution in [2.24, 2.45) is 0 Å². The minimum absolute atomic E-state index is 0.482. The number of anilines is 1. The molecule has 2 heteroatoms. The van der Waals surface area contributed by atoms with E-state index in [9.17, 15) is 0 Å². The average Bonchev–Trinajstić information content (AvgIpc) is 3.43. The van der Waals surface area contributed by atoms with Gasteiger partial charge in [0, 0.05) is 21.0 Å².